The van der Waals surface area contributed by atoms with Crippen LogP contribution in [0.3, 0.4) is 0 Å². The molecule has 0 N–H and O–H groups in total. The topological polar surface area (TPSA) is 35.5 Å². The maximum atomic E-state index is 11.4. The molecule has 15 heavy (non-hydrogen) atoms. The first-order chi connectivity index (χ1) is 7.29. The van der Waals surface area contributed by atoms with Crippen LogP contribution < -0.4 is 14.9 Å². The summed E-state index contributed by atoms with van der Waals surface area (Å²) in [5, 5.41) is 0. The van der Waals surface area contributed by atoms with Crippen molar-refractivity contribution in [2.24, 2.45) is 0 Å². The molecule has 3 heteroatoms. The minimum atomic E-state index is -0.0126. The lowest BCUT2D eigenvalue weighted by atomic mass is 10.1. The molecule has 0 aliphatic carbocycles. The van der Waals surface area contributed by atoms with Crippen molar-refractivity contribution < 1.29 is 9.47 Å². The average Bonchev–Trinajstić information content (AvgIpc) is 2.90. The van der Waals surface area contributed by atoms with Gasteiger partial charge in [0.2, 0.25) is 5.43 Å². The highest BCUT2D eigenvalue weighted by Crippen LogP contribution is 2.38. The molecule has 0 amide bonds. The Hall–Kier alpha value is -1.77. The van der Waals surface area contributed by atoms with Crippen molar-refractivity contribution in [3.05, 3.63) is 34.5 Å². The second-order valence-electron chi connectivity index (χ2n) is 3.17. The van der Waals surface area contributed by atoms with Crippen molar-refractivity contribution in [2.45, 2.75) is 6.92 Å². The molecule has 3 nitrogen and oxygen atoms in total. The zero-order chi connectivity index (χ0) is 10.8. The Morgan fingerprint density at radius 1 is 1.27 bits per heavy atom. The fourth-order valence-electron chi connectivity index (χ4n) is 1.53. The number of benzene rings is 1. The zero-order valence-corrected chi connectivity index (χ0v) is 8.74. The summed E-state index contributed by atoms with van der Waals surface area (Å²) in [6, 6.07) is 7.44. The van der Waals surface area contributed by atoms with Crippen LogP contribution in [0, 0.1) is 0 Å². The zero-order valence-electron chi connectivity index (χ0n) is 8.74. The van der Waals surface area contributed by atoms with E-state index in [-0.39, 0.29) is 5.43 Å². The van der Waals surface area contributed by atoms with Crippen LogP contribution >= 0.6 is 0 Å². The van der Waals surface area contributed by atoms with Crippen LogP contribution in [-0.4, -0.2) is 13.7 Å². The fourth-order valence-corrected chi connectivity index (χ4v) is 1.53. The molecule has 0 saturated heterocycles. The van der Waals surface area contributed by atoms with Crippen molar-refractivity contribution in [2.75, 3.05) is 13.7 Å². The molecule has 2 rings (SSSR count). The van der Waals surface area contributed by atoms with E-state index in [1.54, 1.807) is 7.11 Å². The molecule has 0 spiro atoms. The van der Waals surface area contributed by atoms with Crippen molar-refractivity contribution >= 4 is 0 Å². The molecule has 0 bridgehead atoms. The first-order valence-electron chi connectivity index (χ1n) is 4.84. The number of hydrogen-bond acceptors (Lipinski definition) is 3. The standard InChI is InChI=1S/C12H12O3/c1-3-15-12-10(11(12)13)8-6-4-5-7-9(8)14-2/h4-7H,3H2,1-2H3. The molecule has 0 atom stereocenters. The summed E-state index contributed by atoms with van der Waals surface area (Å²) in [4.78, 5) is 11.4. The highest BCUT2D eigenvalue weighted by molar-refractivity contribution is 5.84. The van der Waals surface area contributed by atoms with E-state index in [2.05, 4.69) is 0 Å². The summed E-state index contributed by atoms with van der Waals surface area (Å²) in [6.07, 6.45) is 0. The maximum absolute atomic E-state index is 11.4. The van der Waals surface area contributed by atoms with Gasteiger partial charge < -0.3 is 9.47 Å². The molecule has 0 fully saturated rings. The summed E-state index contributed by atoms with van der Waals surface area (Å²) in [5.74, 6) is 1.18. The van der Waals surface area contributed by atoms with E-state index in [1.807, 2.05) is 31.2 Å². The van der Waals surface area contributed by atoms with E-state index >= 15 is 0 Å². The van der Waals surface area contributed by atoms with Gasteiger partial charge in [-0.15, -0.1) is 0 Å². The third-order valence-corrected chi connectivity index (χ3v) is 2.26. The van der Waals surface area contributed by atoms with E-state index in [0.29, 0.717) is 23.7 Å². The predicted molar refractivity (Wildman–Crippen MR) is 58.2 cm³/mol. The third-order valence-electron chi connectivity index (χ3n) is 2.26. The Kier molecular flexibility index (Phi) is 2.46. The third kappa shape index (κ3) is 1.61. The molecule has 0 saturated carbocycles. The molecular weight excluding hydrogens is 192 g/mol. The van der Waals surface area contributed by atoms with Crippen molar-refractivity contribution in [3.8, 4) is 22.6 Å². The number of hydrogen-bond donors (Lipinski definition) is 0. The Bertz CT molecular complexity index is 478. The van der Waals surface area contributed by atoms with Gasteiger partial charge in [0.1, 0.15) is 5.75 Å². The lowest BCUT2D eigenvalue weighted by Gasteiger charge is -2.03. The summed E-state index contributed by atoms with van der Waals surface area (Å²) in [5.41, 5.74) is 1.45. The molecule has 2 aromatic carbocycles. The Morgan fingerprint density at radius 2 is 2.00 bits per heavy atom. The van der Waals surface area contributed by atoms with Crippen molar-refractivity contribution in [1.82, 2.24) is 0 Å². The van der Waals surface area contributed by atoms with Crippen LogP contribution in [0.25, 0.3) is 11.1 Å². The minimum Gasteiger partial charge on any atom is -0.496 e. The highest BCUT2D eigenvalue weighted by atomic mass is 16.5. The number of rotatable bonds is 4. The van der Waals surface area contributed by atoms with Crippen LogP contribution in [0.1, 0.15) is 6.92 Å². The van der Waals surface area contributed by atoms with Gasteiger partial charge in [0.15, 0.2) is 5.75 Å². The SMILES string of the molecule is CCOc1c(-c2ccccc2OC)c1=O. The van der Waals surface area contributed by atoms with Gasteiger partial charge in [0.25, 0.3) is 0 Å². The van der Waals surface area contributed by atoms with Gasteiger partial charge >= 0.3 is 0 Å². The van der Waals surface area contributed by atoms with Crippen molar-refractivity contribution in [3.63, 3.8) is 0 Å². The molecule has 0 aliphatic heterocycles. The summed E-state index contributed by atoms with van der Waals surface area (Å²) in [6.45, 7) is 2.37. The lowest BCUT2D eigenvalue weighted by molar-refractivity contribution is 0.349. The Morgan fingerprint density at radius 3 is 2.67 bits per heavy atom. The summed E-state index contributed by atoms with van der Waals surface area (Å²) < 4.78 is 10.4. The van der Waals surface area contributed by atoms with Gasteiger partial charge in [-0.1, -0.05) is 18.2 Å². The van der Waals surface area contributed by atoms with Crippen LogP contribution in [0.5, 0.6) is 11.5 Å². The van der Waals surface area contributed by atoms with Crippen molar-refractivity contribution in [1.29, 1.82) is 0 Å². The van der Waals surface area contributed by atoms with E-state index in [1.165, 1.54) is 0 Å². The van der Waals surface area contributed by atoms with E-state index in [4.69, 9.17) is 9.47 Å². The summed E-state index contributed by atoms with van der Waals surface area (Å²) in [7, 11) is 1.59. The molecule has 0 aliphatic rings. The van der Waals surface area contributed by atoms with Gasteiger partial charge in [0, 0.05) is 5.56 Å². The first kappa shape index (κ1) is 9.77. The minimum absolute atomic E-state index is 0.0126. The van der Waals surface area contributed by atoms with Gasteiger partial charge in [-0.25, -0.2) is 0 Å². The summed E-state index contributed by atoms with van der Waals surface area (Å²) >= 11 is 0. The molecule has 0 radical (unpaired) electrons. The van der Waals surface area contributed by atoms with Crippen LogP contribution in [0.4, 0.5) is 0 Å². The number of methoxy groups -OCH3 is 1. The second-order valence-corrected chi connectivity index (χ2v) is 3.17. The van der Waals surface area contributed by atoms with Gasteiger partial charge in [-0.3, -0.25) is 4.79 Å². The maximum Gasteiger partial charge on any atom is 0.232 e. The number of ether oxygens (including phenoxy) is 2. The average molecular weight is 204 g/mol. The monoisotopic (exact) mass is 204 g/mol. The second kappa shape index (κ2) is 3.77. The molecule has 2 aromatic rings. The van der Waals surface area contributed by atoms with Gasteiger partial charge in [-0.2, -0.15) is 0 Å². The first-order valence-corrected chi connectivity index (χ1v) is 4.84. The largest absolute Gasteiger partial charge is 0.496 e. The predicted octanol–water partition coefficient (Wildman–Crippen LogP) is 2.00. The van der Waals surface area contributed by atoms with Crippen LogP contribution in [0.2, 0.25) is 0 Å². The van der Waals surface area contributed by atoms with E-state index in [0.717, 1.165) is 5.56 Å². The smallest absolute Gasteiger partial charge is 0.232 e. The van der Waals surface area contributed by atoms with Gasteiger partial charge in [-0.05, 0) is 13.0 Å². The van der Waals surface area contributed by atoms with Crippen LogP contribution in [0.15, 0.2) is 29.1 Å². The quantitative estimate of drug-likeness (QED) is 0.764. The Balaban J connectivity index is 2.37. The molecular formula is C12H12O3. The number of para-hydroxylation sites is 1. The van der Waals surface area contributed by atoms with E-state index < -0.39 is 0 Å². The Labute approximate surface area is 87.9 Å². The molecule has 0 unspecified atom stereocenters. The molecule has 0 heterocycles. The van der Waals surface area contributed by atoms with E-state index in [9.17, 15) is 4.79 Å². The molecule has 78 valence electrons. The lowest BCUT2D eigenvalue weighted by Crippen LogP contribution is -1.88. The highest BCUT2D eigenvalue weighted by Gasteiger charge is 2.27. The fraction of sp³-hybridized carbons (Fsp3) is 0.250. The van der Waals surface area contributed by atoms with Crippen LogP contribution in [-0.2, 0) is 0 Å². The van der Waals surface area contributed by atoms with Gasteiger partial charge in [0.05, 0.1) is 19.3 Å². The molecule has 0 aromatic heterocycles. The normalized spacial score (nSPS) is 10.5.